The van der Waals surface area contributed by atoms with E-state index in [1.807, 2.05) is 0 Å². The van der Waals surface area contributed by atoms with Crippen LogP contribution < -0.4 is 5.32 Å². The number of nitrogens with zero attached hydrogens (tertiary/aromatic N) is 1. The van der Waals surface area contributed by atoms with Crippen LogP contribution in [0.1, 0.15) is 39.5 Å². The van der Waals surface area contributed by atoms with Crippen molar-refractivity contribution in [1.29, 1.82) is 0 Å². The molecule has 4 unspecified atom stereocenters. The molecule has 2 saturated heterocycles. The van der Waals surface area contributed by atoms with Gasteiger partial charge in [0.25, 0.3) is 0 Å². The van der Waals surface area contributed by atoms with Crippen molar-refractivity contribution in [3.63, 3.8) is 0 Å². The first-order valence-electron chi connectivity index (χ1n) is 9.29. The Hall–Kier alpha value is -0.200. The Morgan fingerprint density at radius 2 is 2.04 bits per heavy atom. The van der Waals surface area contributed by atoms with Crippen molar-refractivity contribution in [3.8, 4) is 0 Å². The number of β-amino-alcohol motifs (C(OH)–C–C–N with tert-alkyl or cyclic N) is 1. The SMILES string of the molecule is COCC(O)CN1CCC(NC2C3CCCOC3C2(C)C)CC1. The molecular weight excluding hydrogens is 292 g/mol. The highest BCUT2D eigenvalue weighted by Crippen LogP contribution is 2.51. The van der Waals surface area contributed by atoms with Crippen molar-refractivity contribution < 1.29 is 14.6 Å². The van der Waals surface area contributed by atoms with E-state index in [0.717, 1.165) is 26.2 Å². The number of piperidine rings is 1. The summed E-state index contributed by atoms with van der Waals surface area (Å²) in [5.41, 5.74) is 0.261. The van der Waals surface area contributed by atoms with Gasteiger partial charge in [0.2, 0.25) is 0 Å². The van der Waals surface area contributed by atoms with Crippen LogP contribution in [0, 0.1) is 11.3 Å². The number of nitrogens with one attached hydrogen (secondary N) is 1. The molecule has 0 aromatic rings. The molecule has 0 bridgehead atoms. The molecule has 2 N–H and O–H groups in total. The number of rotatable bonds is 6. The molecular formula is C18H34N2O3. The summed E-state index contributed by atoms with van der Waals surface area (Å²) in [6.07, 6.45) is 4.96. The maximum atomic E-state index is 9.86. The summed E-state index contributed by atoms with van der Waals surface area (Å²) < 4.78 is 11.0. The lowest BCUT2D eigenvalue weighted by Gasteiger charge is -2.61. The van der Waals surface area contributed by atoms with Gasteiger partial charge in [-0.2, -0.15) is 0 Å². The third kappa shape index (κ3) is 3.74. The number of aliphatic hydroxyl groups excluding tert-OH is 1. The highest BCUT2D eigenvalue weighted by Gasteiger charge is 2.58. The molecule has 3 aliphatic rings. The molecule has 5 nitrogen and oxygen atoms in total. The summed E-state index contributed by atoms with van der Waals surface area (Å²) in [6, 6.07) is 1.21. The average Bonchev–Trinajstić information content (AvgIpc) is 2.54. The molecule has 2 heterocycles. The zero-order valence-electron chi connectivity index (χ0n) is 15.0. The summed E-state index contributed by atoms with van der Waals surface area (Å²) >= 11 is 0. The lowest BCUT2D eigenvalue weighted by atomic mass is 9.55. The quantitative estimate of drug-likeness (QED) is 0.769. The molecule has 2 aliphatic heterocycles. The van der Waals surface area contributed by atoms with Crippen molar-refractivity contribution in [2.75, 3.05) is 40.0 Å². The first kappa shape index (κ1) is 17.6. The van der Waals surface area contributed by atoms with E-state index in [4.69, 9.17) is 9.47 Å². The maximum absolute atomic E-state index is 9.86. The molecule has 0 amide bonds. The van der Waals surface area contributed by atoms with E-state index < -0.39 is 0 Å². The van der Waals surface area contributed by atoms with Crippen molar-refractivity contribution in [3.05, 3.63) is 0 Å². The van der Waals surface area contributed by atoms with Crippen LogP contribution in [-0.4, -0.2) is 74.3 Å². The van der Waals surface area contributed by atoms with Gasteiger partial charge in [-0.25, -0.2) is 0 Å². The highest BCUT2D eigenvalue weighted by molar-refractivity contribution is 5.11. The van der Waals surface area contributed by atoms with Gasteiger partial charge in [-0.3, -0.25) is 0 Å². The normalized spacial score (nSPS) is 36.3. The summed E-state index contributed by atoms with van der Waals surface area (Å²) in [6.45, 7) is 8.94. The minimum atomic E-state index is -0.366. The molecule has 3 fully saturated rings. The zero-order chi connectivity index (χ0) is 16.4. The molecule has 5 heteroatoms. The number of hydrogen-bond donors (Lipinski definition) is 2. The molecule has 0 spiro atoms. The number of fused-ring (bicyclic) bond motifs is 1. The molecule has 1 saturated carbocycles. The minimum Gasteiger partial charge on any atom is -0.389 e. The van der Waals surface area contributed by atoms with E-state index in [-0.39, 0.29) is 11.5 Å². The van der Waals surface area contributed by atoms with E-state index in [1.165, 1.54) is 25.7 Å². The van der Waals surface area contributed by atoms with Gasteiger partial charge in [0, 0.05) is 43.7 Å². The fourth-order valence-corrected chi connectivity index (χ4v) is 4.94. The second-order valence-electron chi connectivity index (χ2n) is 8.25. The van der Waals surface area contributed by atoms with Gasteiger partial charge in [-0.15, -0.1) is 0 Å². The number of methoxy groups -OCH3 is 1. The summed E-state index contributed by atoms with van der Waals surface area (Å²) in [5, 5.41) is 13.8. The van der Waals surface area contributed by atoms with Crippen LogP contribution in [0.4, 0.5) is 0 Å². The summed E-state index contributed by atoms with van der Waals surface area (Å²) in [5.74, 6) is 0.709. The molecule has 23 heavy (non-hydrogen) atoms. The van der Waals surface area contributed by atoms with Crippen molar-refractivity contribution in [2.45, 2.75) is 63.8 Å². The third-order valence-electron chi connectivity index (χ3n) is 6.16. The second-order valence-corrected chi connectivity index (χ2v) is 8.25. The monoisotopic (exact) mass is 326 g/mol. The lowest BCUT2D eigenvalue weighted by molar-refractivity contribution is -0.195. The van der Waals surface area contributed by atoms with Crippen LogP contribution in [0.3, 0.4) is 0 Å². The molecule has 0 aromatic carbocycles. The van der Waals surface area contributed by atoms with Gasteiger partial charge >= 0.3 is 0 Å². The molecule has 3 rings (SSSR count). The van der Waals surface area contributed by atoms with Crippen LogP contribution in [0.5, 0.6) is 0 Å². The molecule has 134 valence electrons. The van der Waals surface area contributed by atoms with Crippen LogP contribution in [0.15, 0.2) is 0 Å². The predicted molar refractivity (Wildman–Crippen MR) is 90.5 cm³/mol. The van der Waals surface area contributed by atoms with Gasteiger partial charge in [0.1, 0.15) is 0 Å². The van der Waals surface area contributed by atoms with Gasteiger partial charge in [-0.05, 0) is 38.8 Å². The Morgan fingerprint density at radius 1 is 1.30 bits per heavy atom. The first-order chi connectivity index (χ1) is 11.0. The van der Waals surface area contributed by atoms with Crippen LogP contribution in [0.25, 0.3) is 0 Å². The summed E-state index contributed by atoms with van der Waals surface area (Å²) in [7, 11) is 1.64. The minimum absolute atomic E-state index is 0.261. The summed E-state index contributed by atoms with van der Waals surface area (Å²) in [4.78, 5) is 2.36. The number of likely N-dealkylation sites (tertiary alicyclic amines) is 1. The fraction of sp³-hybridized carbons (Fsp3) is 1.00. The van der Waals surface area contributed by atoms with E-state index in [2.05, 4.69) is 24.1 Å². The third-order valence-corrected chi connectivity index (χ3v) is 6.16. The van der Waals surface area contributed by atoms with Crippen molar-refractivity contribution in [1.82, 2.24) is 10.2 Å². The Morgan fingerprint density at radius 3 is 2.74 bits per heavy atom. The van der Waals surface area contributed by atoms with Gasteiger partial charge in [0.05, 0.1) is 18.8 Å². The van der Waals surface area contributed by atoms with Crippen LogP contribution >= 0.6 is 0 Å². The predicted octanol–water partition coefficient (Wildman–Crippen LogP) is 1.25. The smallest absolute Gasteiger partial charge is 0.0900 e. The van der Waals surface area contributed by atoms with E-state index in [0.29, 0.717) is 30.7 Å². The largest absolute Gasteiger partial charge is 0.389 e. The highest BCUT2D eigenvalue weighted by atomic mass is 16.5. The lowest BCUT2D eigenvalue weighted by Crippen LogP contribution is -2.71. The Labute approximate surface area is 140 Å². The van der Waals surface area contributed by atoms with Crippen molar-refractivity contribution in [2.24, 2.45) is 11.3 Å². The van der Waals surface area contributed by atoms with E-state index >= 15 is 0 Å². The molecule has 0 radical (unpaired) electrons. The topological polar surface area (TPSA) is 54.0 Å². The Bertz CT molecular complexity index is 382. The molecule has 0 aromatic heterocycles. The second kappa shape index (κ2) is 7.36. The van der Waals surface area contributed by atoms with Crippen LogP contribution in [0.2, 0.25) is 0 Å². The number of aliphatic hydroxyl groups is 1. The number of ether oxygens (including phenoxy) is 2. The van der Waals surface area contributed by atoms with Crippen LogP contribution in [-0.2, 0) is 9.47 Å². The Balaban J connectivity index is 1.44. The van der Waals surface area contributed by atoms with Gasteiger partial charge in [0.15, 0.2) is 0 Å². The Kier molecular flexibility index (Phi) is 5.64. The van der Waals surface area contributed by atoms with Crippen molar-refractivity contribution >= 4 is 0 Å². The fourth-order valence-electron chi connectivity index (χ4n) is 4.94. The number of hydrogen-bond acceptors (Lipinski definition) is 5. The van der Waals surface area contributed by atoms with Gasteiger partial charge in [-0.1, -0.05) is 13.8 Å². The maximum Gasteiger partial charge on any atom is 0.0900 e. The zero-order valence-corrected chi connectivity index (χ0v) is 15.0. The van der Waals surface area contributed by atoms with Gasteiger partial charge < -0.3 is 24.8 Å². The average molecular weight is 326 g/mol. The standard InChI is InChI=1S/C18H34N2O3/c1-18(2)16(15-5-4-10-23-17(15)18)19-13-6-8-20(9-7-13)11-14(21)12-22-3/h13-17,19,21H,4-12H2,1-3H3. The molecule has 1 aliphatic carbocycles. The van der Waals surface area contributed by atoms with E-state index in [1.54, 1.807) is 7.11 Å². The first-order valence-corrected chi connectivity index (χ1v) is 9.29. The van der Waals surface area contributed by atoms with E-state index in [9.17, 15) is 5.11 Å². The molecule has 4 atom stereocenters.